The van der Waals surface area contributed by atoms with Crippen LogP contribution in [0.2, 0.25) is 0 Å². The van der Waals surface area contributed by atoms with Crippen LogP contribution in [-0.2, 0) is 19.6 Å². The molecule has 0 aromatic heterocycles. The number of rotatable bonds is 9. The van der Waals surface area contributed by atoms with Gasteiger partial charge in [0.25, 0.3) is 0 Å². The van der Waals surface area contributed by atoms with Gasteiger partial charge in [0.05, 0.1) is 18.9 Å². The van der Waals surface area contributed by atoms with Crippen molar-refractivity contribution in [2.24, 2.45) is 0 Å². The van der Waals surface area contributed by atoms with Gasteiger partial charge in [-0.2, -0.15) is 0 Å². The van der Waals surface area contributed by atoms with E-state index in [2.05, 4.69) is 15.4 Å². The van der Waals surface area contributed by atoms with Crippen LogP contribution in [0, 0.1) is 0 Å². The van der Waals surface area contributed by atoms with Gasteiger partial charge in [-0.25, -0.2) is 13.1 Å². The molecule has 0 aliphatic carbocycles. The molecule has 0 bridgehead atoms. The quantitative estimate of drug-likeness (QED) is 0.483. The van der Waals surface area contributed by atoms with Gasteiger partial charge in [-0.05, 0) is 26.3 Å². The number of carbonyl (C=O) groups excluding carboxylic acids is 1. The molecule has 1 rings (SSSR count). The average Bonchev–Trinajstić information content (AvgIpc) is 2.87. The molecule has 1 heterocycles. The van der Waals surface area contributed by atoms with Gasteiger partial charge in [-0.15, -0.1) is 12.4 Å². The number of ether oxygens (including phenoxy) is 1. The Kier molecular flexibility index (Phi) is 10.1. The Morgan fingerprint density at radius 3 is 2.80 bits per heavy atom. The molecule has 7 nitrogen and oxygen atoms in total. The lowest BCUT2D eigenvalue weighted by molar-refractivity contribution is -0.120. The molecule has 1 aliphatic rings. The lowest BCUT2D eigenvalue weighted by Gasteiger charge is -2.12. The zero-order valence-corrected chi connectivity index (χ0v) is 13.3. The van der Waals surface area contributed by atoms with Gasteiger partial charge in [0.15, 0.2) is 0 Å². The van der Waals surface area contributed by atoms with Crippen molar-refractivity contribution in [3.05, 3.63) is 0 Å². The van der Waals surface area contributed by atoms with E-state index >= 15 is 0 Å². The molecule has 20 heavy (non-hydrogen) atoms. The Morgan fingerprint density at radius 2 is 2.20 bits per heavy atom. The second kappa shape index (κ2) is 10.3. The molecule has 120 valence electrons. The molecule has 1 saturated heterocycles. The van der Waals surface area contributed by atoms with E-state index in [0.717, 1.165) is 19.4 Å². The van der Waals surface area contributed by atoms with Crippen LogP contribution in [0.3, 0.4) is 0 Å². The second-order valence-corrected chi connectivity index (χ2v) is 6.36. The highest BCUT2D eigenvalue weighted by atomic mass is 35.5. The molecular weight excluding hydrogens is 306 g/mol. The van der Waals surface area contributed by atoms with Crippen molar-refractivity contribution in [2.75, 3.05) is 38.6 Å². The van der Waals surface area contributed by atoms with E-state index in [1.807, 2.05) is 0 Å². The number of hydrogen-bond donors (Lipinski definition) is 3. The van der Waals surface area contributed by atoms with Crippen molar-refractivity contribution in [1.82, 2.24) is 15.4 Å². The number of amides is 1. The Labute approximate surface area is 126 Å². The van der Waals surface area contributed by atoms with Crippen LogP contribution in [0.5, 0.6) is 0 Å². The first-order valence-corrected chi connectivity index (χ1v) is 8.24. The highest BCUT2D eigenvalue weighted by molar-refractivity contribution is 7.89. The summed E-state index contributed by atoms with van der Waals surface area (Å²) >= 11 is 0. The SMILES string of the molecule is CCOCCS(=O)(=O)NCC(=O)NCC1CCCN1.Cl. The first-order chi connectivity index (χ1) is 9.03. The van der Waals surface area contributed by atoms with Crippen LogP contribution in [0.15, 0.2) is 0 Å². The Morgan fingerprint density at radius 1 is 1.45 bits per heavy atom. The van der Waals surface area contributed by atoms with E-state index < -0.39 is 10.0 Å². The molecule has 0 spiro atoms. The van der Waals surface area contributed by atoms with Crippen LogP contribution in [0.4, 0.5) is 0 Å². The summed E-state index contributed by atoms with van der Waals surface area (Å²) in [5, 5.41) is 5.95. The minimum absolute atomic E-state index is 0. The van der Waals surface area contributed by atoms with Gasteiger partial charge in [0.2, 0.25) is 15.9 Å². The third-order valence-corrected chi connectivity index (χ3v) is 4.15. The summed E-state index contributed by atoms with van der Waals surface area (Å²) < 4.78 is 30.2. The molecule has 9 heteroatoms. The first kappa shape index (κ1) is 19.6. The average molecular weight is 330 g/mol. The summed E-state index contributed by atoms with van der Waals surface area (Å²) in [5.41, 5.74) is 0. The largest absolute Gasteiger partial charge is 0.381 e. The van der Waals surface area contributed by atoms with Gasteiger partial charge < -0.3 is 15.4 Å². The van der Waals surface area contributed by atoms with Crippen LogP contribution in [0.25, 0.3) is 0 Å². The lowest BCUT2D eigenvalue weighted by Crippen LogP contribution is -2.42. The van der Waals surface area contributed by atoms with E-state index in [-0.39, 0.29) is 37.2 Å². The third kappa shape index (κ3) is 8.70. The summed E-state index contributed by atoms with van der Waals surface area (Å²) in [6.45, 7) is 3.71. The number of carbonyl (C=O) groups is 1. The number of nitrogens with one attached hydrogen (secondary N) is 3. The summed E-state index contributed by atoms with van der Waals surface area (Å²) in [6, 6.07) is 0.304. The van der Waals surface area contributed by atoms with Crippen LogP contribution in [-0.4, -0.2) is 59.0 Å². The zero-order chi connectivity index (χ0) is 14.1. The van der Waals surface area contributed by atoms with Crippen molar-refractivity contribution in [1.29, 1.82) is 0 Å². The highest BCUT2D eigenvalue weighted by Gasteiger charge is 2.16. The predicted octanol–water partition coefficient (Wildman–Crippen LogP) is -0.768. The fourth-order valence-electron chi connectivity index (χ4n) is 1.79. The van der Waals surface area contributed by atoms with Gasteiger partial charge in [0.1, 0.15) is 0 Å². The fourth-order valence-corrected chi connectivity index (χ4v) is 2.62. The molecule has 1 atom stereocenters. The normalized spacial score (nSPS) is 18.6. The van der Waals surface area contributed by atoms with Gasteiger partial charge in [-0.3, -0.25) is 4.79 Å². The van der Waals surface area contributed by atoms with E-state index in [1.165, 1.54) is 0 Å². The predicted molar refractivity (Wildman–Crippen MR) is 79.6 cm³/mol. The maximum Gasteiger partial charge on any atom is 0.235 e. The summed E-state index contributed by atoms with van der Waals surface area (Å²) in [7, 11) is -3.44. The summed E-state index contributed by atoms with van der Waals surface area (Å²) in [6.07, 6.45) is 2.16. The lowest BCUT2D eigenvalue weighted by atomic mass is 10.2. The minimum Gasteiger partial charge on any atom is -0.381 e. The van der Waals surface area contributed by atoms with Crippen molar-refractivity contribution in [3.8, 4) is 0 Å². The van der Waals surface area contributed by atoms with E-state index in [4.69, 9.17) is 4.74 Å². The van der Waals surface area contributed by atoms with Crippen LogP contribution < -0.4 is 15.4 Å². The molecule has 3 N–H and O–H groups in total. The molecule has 0 radical (unpaired) electrons. The van der Waals surface area contributed by atoms with E-state index in [0.29, 0.717) is 19.2 Å². The molecule has 1 unspecified atom stereocenters. The molecule has 1 amide bonds. The number of sulfonamides is 1. The number of halogens is 1. The summed E-state index contributed by atoms with van der Waals surface area (Å²) in [5.74, 6) is -0.438. The maximum absolute atomic E-state index is 11.5. The first-order valence-electron chi connectivity index (χ1n) is 6.58. The summed E-state index contributed by atoms with van der Waals surface area (Å²) in [4.78, 5) is 11.5. The second-order valence-electron chi connectivity index (χ2n) is 4.43. The van der Waals surface area contributed by atoms with E-state index in [1.54, 1.807) is 6.92 Å². The molecule has 1 fully saturated rings. The van der Waals surface area contributed by atoms with Crippen molar-refractivity contribution >= 4 is 28.3 Å². The smallest absolute Gasteiger partial charge is 0.235 e. The monoisotopic (exact) mass is 329 g/mol. The minimum atomic E-state index is -3.44. The van der Waals surface area contributed by atoms with Crippen LogP contribution in [0.1, 0.15) is 19.8 Å². The Balaban J connectivity index is 0.00000361. The Bertz CT molecular complexity index is 372. The molecule has 0 aromatic rings. The van der Waals surface area contributed by atoms with Crippen molar-refractivity contribution in [3.63, 3.8) is 0 Å². The topological polar surface area (TPSA) is 96.5 Å². The molecule has 1 aliphatic heterocycles. The van der Waals surface area contributed by atoms with Gasteiger partial charge in [0, 0.05) is 19.2 Å². The van der Waals surface area contributed by atoms with Crippen molar-refractivity contribution < 1.29 is 17.9 Å². The standard InChI is InChI=1S/C11H23N3O4S.ClH/c1-2-18-6-7-19(16,17)14-9-11(15)13-8-10-4-3-5-12-10;/h10,12,14H,2-9H2,1H3,(H,13,15);1H. The van der Waals surface area contributed by atoms with Gasteiger partial charge in [-0.1, -0.05) is 0 Å². The van der Waals surface area contributed by atoms with Gasteiger partial charge >= 0.3 is 0 Å². The third-order valence-electron chi connectivity index (χ3n) is 2.86. The zero-order valence-electron chi connectivity index (χ0n) is 11.7. The molecular formula is C11H24ClN3O4S. The fraction of sp³-hybridized carbons (Fsp3) is 0.909. The van der Waals surface area contributed by atoms with Crippen molar-refractivity contribution in [2.45, 2.75) is 25.8 Å². The maximum atomic E-state index is 11.5. The van der Waals surface area contributed by atoms with E-state index in [9.17, 15) is 13.2 Å². The van der Waals surface area contributed by atoms with Crippen LogP contribution >= 0.6 is 12.4 Å². The highest BCUT2D eigenvalue weighted by Crippen LogP contribution is 2.02. The molecule has 0 aromatic carbocycles. The Hall–Kier alpha value is -0.410. The number of hydrogen-bond acceptors (Lipinski definition) is 5. The molecule has 0 saturated carbocycles.